The molecule has 1 atom stereocenters. The topological polar surface area (TPSA) is 78.9 Å². The van der Waals surface area contributed by atoms with Crippen molar-refractivity contribution in [2.45, 2.75) is 17.9 Å². The summed E-state index contributed by atoms with van der Waals surface area (Å²) in [7, 11) is -1.56. The van der Waals surface area contributed by atoms with E-state index in [2.05, 4.69) is 10.2 Å². The largest absolute Gasteiger partial charge is 0.481 e. The van der Waals surface area contributed by atoms with Gasteiger partial charge in [0, 0.05) is 36.9 Å². The van der Waals surface area contributed by atoms with Gasteiger partial charge in [0.1, 0.15) is 5.75 Å². The predicted octanol–water partition coefficient (Wildman–Crippen LogP) is 2.68. The Bertz CT molecular complexity index is 958. The molecule has 0 saturated carbocycles. The van der Waals surface area contributed by atoms with Crippen LogP contribution in [-0.4, -0.2) is 62.9 Å². The number of benzene rings is 2. The molecule has 1 fully saturated rings. The number of ether oxygens (including phenoxy) is 1. The molecule has 2 aromatic carbocycles. The molecule has 3 rings (SSSR count). The fourth-order valence-electron chi connectivity index (χ4n) is 2.93. The van der Waals surface area contributed by atoms with Crippen LogP contribution in [0.3, 0.4) is 0 Å². The Morgan fingerprint density at radius 2 is 1.76 bits per heavy atom. The lowest BCUT2D eigenvalue weighted by Gasteiger charge is -2.31. The van der Waals surface area contributed by atoms with Crippen LogP contribution in [0, 0.1) is 0 Å². The quantitative estimate of drug-likeness (QED) is 0.751. The SMILES string of the molecule is CC(Oc1cccc(Cl)c1)C(=O)Nc1ccc(S(=O)(=O)N2CCN(C)CC2)cc1. The number of piperazine rings is 1. The number of hydrogen-bond acceptors (Lipinski definition) is 5. The highest BCUT2D eigenvalue weighted by Gasteiger charge is 2.27. The number of halogens is 1. The van der Waals surface area contributed by atoms with Gasteiger partial charge in [-0.1, -0.05) is 17.7 Å². The first kappa shape index (κ1) is 21.6. The number of nitrogens with zero attached hydrogens (tertiary/aromatic N) is 2. The molecule has 0 bridgehead atoms. The number of sulfonamides is 1. The first-order chi connectivity index (χ1) is 13.8. The van der Waals surface area contributed by atoms with Crippen molar-refractivity contribution in [3.8, 4) is 5.75 Å². The number of anilines is 1. The van der Waals surface area contributed by atoms with E-state index in [0.29, 0.717) is 42.6 Å². The summed E-state index contributed by atoms with van der Waals surface area (Å²) in [5, 5.41) is 3.25. The lowest BCUT2D eigenvalue weighted by atomic mass is 10.3. The molecule has 1 N–H and O–H groups in total. The first-order valence-corrected chi connectivity index (χ1v) is 11.1. The van der Waals surface area contributed by atoms with Crippen molar-refractivity contribution in [1.29, 1.82) is 0 Å². The van der Waals surface area contributed by atoms with E-state index in [1.165, 1.54) is 16.4 Å². The molecule has 0 radical (unpaired) electrons. The van der Waals surface area contributed by atoms with Gasteiger partial charge in [0.2, 0.25) is 10.0 Å². The summed E-state index contributed by atoms with van der Waals surface area (Å²) in [5.74, 6) is 0.147. The molecule has 1 heterocycles. The average molecular weight is 438 g/mol. The Balaban J connectivity index is 1.61. The van der Waals surface area contributed by atoms with Crippen molar-refractivity contribution < 1.29 is 17.9 Å². The van der Waals surface area contributed by atoms with Crippen LogP contribution in [0.25, 0.3) is 0 Å². The second-order valence-electron chi connectivity index (χ2n) is 6.94. The van der Waals surface area contributed by atoms with Crippen LogP contribution in [0.4, 0.5) is 5.69 Å². The molecule has 7 nitrogen and oxygen atoms in total. The summed E-state index contributed by atoms with van der Waals surface area (Å²) in [6, 6.07) is 13.0. The second kappa shape index (κ2) is 9.13. The van der Waals surface area contributed by atoms with Gasteiger partial charge in [-0.3, -0.25) is 4.79 Å². The van der Waals surface area contributed by atoms with E-state index >= 15 is 0 Å². The van der Waals surface area contributed by atoms with Crippen LogP contribution in [0.1, 0.15) is 6.92 Å². The molecular weight excluding hydrogens is 414 g/mol. The number of carbonyl (C=O) groups excluding carboxylic acids is 1. The molecule has 1 aliphatic rings. The van der Waals surface area contributed by atoms with Gasteiger partial charge in [0.15, 0.2) is 6.10 Å². The van der Waals surface area contributed by atoms with E-state index < -0.39 is 16.1 Å². The predicted molar refractivity (Wildman–Crippen MR) is 113 cm³/mol. The third-order valence-electron chi connectivity index (χ3n) is 4.70. The minimum Gasteiger partial charge on any atom is -0.481 e. The minimum atomic E-state index is -3.54. The summed E-state index contributed by atoms with van der Waals surface area (Å²) < 4.78 is 32.6. The van der Waals surface area contributed by atoms with Gasteiger partial charge in [-0.2, -0.15) is 4.31 Å². The van der Waals surface area contributed by atoms with Crippen molar-refractivity contribution in [1.82, 2.24) is 9.21 Å². The first-order valence-electron chi connectivity index (χ1n) is 9.27. The molecule has 1 amide bonds. The molecule has 2 aromatic rings. The van der Waals surface area contributed by atoms with Gasteiger partial charge in [0.05, 0.1) is 4.90 Å². The van der Waals surface area contributed by atoms with Gasteiger partial charge in [-0.05, 0) is 56.4 Å². The van der Waals surface area contributed by atoms with E-state index in [0.717, 1.165) is 0 Å². The van der Waals surface area contributed by atoms with Crippen molar-refractivity contribution >= 4 is 33.2 Å². The zero-order chi connectivity index (χ0) is 21.0. The van der Waals surface area contributed by atoms with Crippen molar-refractivity contribution in [3.63, 3.8) is 0 Å². The van der Waals surface area contributed by atoms with E-state index in [1.807, 2.05) is 7.05 Å². The number of likely N-dealkylation sites (N-methyl/N-ethyl adjacent to an activating group) is 1. The molecule has 1 saturated heterocycles. The van der Waals surface area contributed by atoms with Gasteiger partial charge in [-0.15, -0.1) is 0 Å². The molecule has 0 spiro atoms. The molecule has 156 valence electrons. The molecule has 1 unspecified atom stereocenters. The highest BCUT2D eigenvalue weighted by atomic mass is 35.5. The van der Waals surface area contributed by atoms with E-state index in [-0.39, 0.29) is 10.8 Å². The molecule has 1 aliphatic heterocycles. The van der Waals surface area contributed by atoms with E-state index in [4.69, 9.17) is 16.3 Å². The maximum atomic E-state index is 12.8. The highest BCUT2D eigenvalue weighted by molar-refractivity contribution is 7.89. The summed E-state index contributed by atoms with van der Waals surface area (Å²) in [4.78, 5) is 14.7. The molecule has 9 heteroatoms. The molecular formula is C20H24ClN3O4S. The third kappa shape index (κ3) is 5.48. The Morgan fingerprint density at radius 3 is 2.38 bits per heavy atom. The van der Waals surface area contributed by atoms with Crippen molar-refractivity contribution in [3.05, 3.63) is 53.6 Å². The fraction of sp³-hybridized carbons (Fsp3) is 0.350. The van der Waals surface area contributed by atoms with Gasteiger partial charge >= 0.3 is 0 Å². The molecule has 29 heavy (non-hydrogen) atoms. The van der Waals surface area contributed by atoms with Crippen molar-refractivity contribution in [2.75, 3.05) is 38.5 Å². The summed E-state index contributed by atoms with van der Waals surface area (Å²) >= 11 is 5.92. The Kier molecular flexibility index (Phi) is 6.79. The Labute approximate surface area is 176 Å². The van der Waals surface area contributed by atoms with Gasteiger partial charge < -0.3 is 15.0 Å². The lowest BCUT2D eigenvalue weighted by Crippen LogP contribution is -2.46. The number of carbonyl (C=O) groups is 1. The van der Waals surface area contributed by atoms with Crippen LogP contribution >= 0.6 is 11.6 Å². The van der Waals surface area contributed by atoms with Crippen LogP contribution in [0.2, 0.25) is 5.02 Å². The second-order valence-corrected chi connectivity index (χ2v) is 9.31. The fourth-order valence-corrected chi connectivity index (χ4v) is 4.53. The Hall–Kier alpha value is -2.13. The van der Waals surface area contributed by atoms with Gasteiger partial charge in [0.25, 0.3) is 5.91 Å². The minimum absolute atomic E-state index is 0.211. The highest BCUT2D eigenvalue weighted by Crippen LogP contribution is 2.21. The lowest BCUT2D eigenvalue weighted by molar-refractivity contribution is -0.122. The standard InChI is InChI=1S/C20H24ClN3O4S/c1-15(28-18-5-3-4-16(21)14-18)20(25)22-17-6-8-19(9-7-17)29(26,27)24-12-10-23(2)11-13-24/h3-9,14-15H,10-13H2,1-2H3,(H,22,25). The van der Waals surface area contributed by atoms with E-state index in [1.54, 1.807) is 43.3 Å². The molecule has 0 aromatic heterocycles. The normalized spacial score (nSPS) is 16.9. The van der Waals surface area contributed by atoms with Crippen LogP contribution in [0.15, 0.2) is 53.4 Å². The number of nitrogens with one attached hydrogen (secondary N) is 1. The maximum Gasteiger partial charge on any atom is 0.265 e. The van der Waals surface area contributed by atoms with E-state index in [9.17, 15) is 13.2 Å². The maximum absolute atomic E-state index is 12.8. The summed E-state index contributed by atoms with van der Waals surface area (Å²) in [5.41, 5.74) is 0.494. The number of rotatable bonds is 6. The zero-order valence-electron chi connectivity index (χ0n) is 16.3. The van der Waals surface area contributed by atoms with Crippen LogP contribution in [0.5, 0.6) is 5.75 Å². The monoisotopic (exact) mass is 437 g/mol. The van der Waals surface area contributed by atoms with Crippen molar-refractivity contribution in [2.24, 2.45) is 0 Å². The van der Waals surface area contributed by atoms with Crippen LogP contribution < -0.4 is 10.1 Å². The average Bonchev–Trinajstić information content (AvgIpc) is 2.68. The zero-order valence-corrected chi connectivity index (χ0v) is 17.9. The third-order valence-corrected chi connectivity index (χ3v) is 6.85. The number of hydrogen-bond donors (Lipinski definition) is 1. The Morgan fingerprint density at radius 1 is 1.10 bits per heavy atom. The smallest absolute Gasteiger partial charge is 0.265 e. The van der Waals surface area contributed by atoms with Crippen LogP contribution in [-0.2, 0) is 14.8 Å². The summed E-state index contributed by atoms with van der Waals surface area (Å²) in [6.07, 6.45) is -0.748. The summed E-state index contributed by atoms with van der Waals surface area (Å²) in [6.45, 7) is 3.98. The van der Waals surface area contributed by atoms with Gasteiger partial charge in [-0.25, -0.2) is 8.42 Å². The molecule has 0 aliphatic carbocycles. The number of amides is 1.